The summed E-state index contributed by atoms with van der Waals surface area (Å²) < 4.78 is 11.9. The molecule has 0 fully saturated rings. The minimum atomic E-state index is 0.167. The zero-order valence-electron chi connectivity index (χ0n) is 11.1. The highest BCUT2D eigenvalue weighted by atomic mass is 79.9. The number of hydrogen-bond acceptors (Lipinski definition) is 4. The predicted molar refractivity (Wildman–Crippen MR) is 88.2 cm³/mol. The summed E-state index contributed by atoms with van der Waals surface area (Å²) in [6, 6.07) is 12.4. The topological polar surface area (TPSA) is 48.2 Å². The van der Waals surface area contributed by atoms with Gasteiger partial charge < -0.3 is 9.15 Å². The van der Waals surface area contributed by atoms with Crippen molar-refractivity contribution in [1.82, 2.24) is 10.2 Å². The van der Waals surface area contributed by atoms with Gasteiger partial charge in [-0.1, -0.05) is 23.2 Å². The molecule has 22 heavy (non-hydrogen) atoms. The lowest BCUT2D eigenvalue weighted by atomic mass is 10.2. The minimum absolute atomic E-state index is 0.167. The van der Waals surface area contributed by atoms with Crippen LogP contribution in [0.1, 0.15) is 5.89 Å². The lowest BCUT2D eigenvalue weighted by Crippen LogP contribution is -1.96. The third-order valence-electron chi connectivity index (χ3n) is 2.80. The number of halogens is 3. The smallest absolute Gasteiger partial charge is 0.254 e. The fourth-order valence-corrected chi connectivity index (χ4v) is 2.68. The van der Waals surface area contributed by atoms with E-state index >= 15 is 0 Å². The Morgan fingerprint density at radius 1 is 1.00 bits per heavy atom. The zero-order chi connectivity index (χ0) is 15.5. The summed E-state index contributed by atoms with van der Waals surface area (Å²) in [6.07, 6.45) is 0. The van der Waals surface area contributed by atoms with E-state index in [0.717, 1.165) is 10.0 Å². The molecule has 0 spiro atoms. The van der Waals surface area contributed by atoms with Crippen molar-refractivity contribution in [2.24, 2.45) is 0 Å². The molecule has 0 saturated carbocycles. The van der Waals surface area contributed by atoms with E-state index in [1.807, 2.05) is 12.1 Å². The van der Waals surface area contributed by atoms with E-state index in [2.05, 4.69) is 26.1 Å². The number of benzene rings is 2. The summed E-state index contributed by atoms with van der Waals surface area (Å²) >= 11 is 15.1. The van der Waals surface area contributed by atoms with E-state index in [1.165, 1.54) is 0 Å². The molecular formula is C15H9BrCl2N2O2. The van der Waals surface area contributed by atoms with Gasteiger partial charge in [0, 0.05) is 15.6 Å². The van der Waals surface area contributed by atoms with Gasteiger partial charge >= 0.3 is 0 Å². The SMILES string of the molecule is Clc1ccc(-c2nnc(COc3ccc(Cl)cc3Br)o2)cc1. The molecule has 0 amide bonds. The Morgan fingerprint density at radius 3 is 2.45 bits per heavy atom. The number of rotatable bonds is 4. The first-order valence-electron chi connectivity index (χ1n) is 6.28. The highest BCUT2D eigenvalue weighted by Gasteiger charge is 2.10. The second-order valence-electron chi connectivity index (χ2n) is 4.37. The van der Waals surface area contributed by atoms with E-state index in [0.29, 0.717) is 27.6 Å². The molecule has 0 aliphatic carbocycles. The fourth-order valence-electron chi connectivity index (χ4n) is 1.75. The molecule has 1 aromatic heterocycles. The third kappa shape index (κ3) is 3.61. The highest BCUT2D eigenvalue weighted by molar-refractivity contribution is 9.10. The van der Waals surface area contributed by atoms with Crippen molar-refractivity contribution in [1.29, 1.82) is 0 Å². The maximum Gasteiger partial charge on any atom is 0.254 e. The van der Waals surface area contributed by atoms with E-state index in [9.17, 15) is 0 Å². The first kappa shape index (κ1) is 15.3. The second kappa shape index (κ2) is 6.69. The number of aromatic nitrogens is 2. The van der Waals surface area contributed by atoms with Gasteiger partial charge in [0.05, 0.1) is 4.47 Å². The molecule has 0 bridgehead atoms. The van der Waals surface area contributed by atoms with Crippen LogP contribution in [0.25, 0.3) is 11.5 Å². The molecule has 0 atom stereocenters. The third-order valence-corrected chi connectivity index (χ3v) is 3.91. The molecule has 0 aliphatic rings. The van der Waals surface area contributed by atoms with Crippen molar-refractivity contribution in [2.75, 3.05) is 0 Å². The van der Waals surface area contributed by atoms with E-state index in [-0.39, 0.29) is 6.61 Å². The Bertz CT molecular complexity index is 790. The Labute approximate surface area is 145 Å². The van der Waals surface area contributed by atoms with Gasteiger partial charge in [-0.05, 0) is 58.4 Å². The maximum absolute atomic E-state index is 5.88. The van der Waals surface area contributed by atoms with Gasteiger partial charge in [-0.3, -0.25) is 0 Å². The highest BCUT2D eigenvalue weighted by Crippen LogP contribution is 2.28. The second-order valence-corrected chi connectivity index (χ2v) is 6.10. The Hall–Kier alpha value is -1.56. The van der Waals surface area contributed by atoms with Crippen LogP contribution in [-0.2, 0) is 6.61 Å². The number of nitrogens with zero attached hydrogens (tertiary/aromatic N) is 2. The summed E-state index contributed by atoms with van der Waals surface area (Å²) in [5.74, 6) is 1.45. The van der Waals surface area contributed by atoms with Gasteiger partial charge in [0.15, 0.2) is 6.61 Å². The number of ether oxygens (including phenoxy) is 1. The van der Waals surface area contributed by atoms with E-state index < -0.39 is 0 Å². The monoisotopic (exact) mass is 398 g/mol. The molecule has 3 aromatic rings. The molecule has 7 heteroatoms. The quantitative estimate of drug-likeness (QED) is 0.590. The van der Waals surface area contributed by atoms with Gasteiger partial charge in [0.1, 0.15) is 5.75 Å². The molecule has 4 nitrogen and oxygen atoms in total. The average molecular weight is 400 g/mol. The van der Waals surface area contributed by atoms with Crippen LogP contribution in [0.15, 0.2) is 51.4 Å². The van der Waals surface area contributed by atoms with Crippen molar-refractivity contribution in [3.05, 3.63) is 62.9 Å². The van der Waals surface area contributed by atoms with Crippen molar-refractivity contribution < 1.29 is 9.15 Å². The van der Waals surface area contributed by atoms with Gasteiger partial charge in [-0.25, -0.2) is 0 Å². The lowest BCUT2D eigenvalue weighted by molar-refractivity contribution is 0.263. The standard InChI is InChI=1S/C15H9BrCl2N2O2/c16-12-7-11(18)5-6-13(12)21-8-14-19-20-15(22-14)9-1-3-10(17)4-2-9/h1-7H,8H2. The van der Waals surface area contributed by atoms with Gasteiger partial charge in [-0.15, -0.1) is 10.2 Å². The van der Waals surface area contributed by atoms with Crippen LogP contribution in [0, 0.1) is 0 Å². The van der Waals surface area contributed by atoms with Gasteiger partial charge in [-0.2, -0.15) is 0 Å². The lowest BCUT2D eigenvalue weighted by Gasteiger charge is -2.05. The first-order chi connectivity index (χ1) is 10.6. The normalized spacial score (nSPS) is 10.7. The Morgan fingerprint density at radius 2 is 1.73 bits per heavy atom. The van der Waals surface area contributed by atoms with Crippen LogP contribution in [0.5, 0.6) is 5.75 Å². The molecule has 112 valence electrons. The molecule has 0 N–H and O–H groups in total. The summed E-state index contributed by atoms with van der Waals surface area (Å²) in [4.78, 5) is 0. The van der Waals surface area contributed by atoms with Crippen LogP contribution in [0.3, 0.4) is 0 Å². The molecule has 3 rings (SSSR count). The number of hydrogen-bond donors (Lipinski definition) is 0. The van der Waals surface area contributed by atoms with Crippen molar-refractivity contribution in [3.8, 4) is 17.2 Å². The first-order valence-corrected chi connectivity index (χ1v) is 7.83. The Kier molecular flexibility index (Phi) is 4.66. The van der Waals surface area contributed by atoms with Gasteiger partial charge in [0.25, 0.3) is 5.89 Å². The molecular weight excluding hydrogens is 391 g/mol. The van der Waals surface area contributed by atoms with Crippen molar-refractivity contribution in [3.63, 3.8) is 0 Å². The van der Waals surface area contributed by atoms with Crippen LogP contribution in [-0.4, -0.2) is 10.2 Å². The molecule has 0 aliphatic heterocycles. The van der Waals surface area contributed by atoms with Crippen molar-refractivity contribution in [2.45, 2.75) is 6.61 Å². The van der Waals surface area contributed by atoms with E-state index in [4.69, 9.17) is 32.4 Å². The average Bonchev–Trinajstić information content (AvgIpc) is 2.96. The fraction of sp³-hybridized carbons (Fsp3) is 0.0667. The van der Waals surface area contributed by atoms with E-state index in [1.54, 1.807) is 30.3 Å². The van der Waals surface area contributed by atoms with Crippen molar-refractivity contribution >= 4 is 39.1 Å². The summed E-state index contributed by atoms with van der Waals surface area (Å²) in [7, 11) is 0. The minimum Gasteiger partial charge on any atom is -0.483 e. The molecule has 0 radical (unpaired) electrons. The van der Waals surface area contributed by atoms with Crippen LogP contribution in [0.4, 0.5) is 0 Å². The zero-order valence-corrected chi connectivity index (χ0v) is 14.2. The summed E-state index contributed by atoms with van der Waals surface area (Å²) in [5.41, 5.74) is 0.802. The Balaban J connectivity index is 1.70. The summed E-state index contributed by atoms with van der Waals surface area (Å²) in [6.45, 7) is 0.167. The largest absolute Gasteiger partial charge is 0.483 e. The predicted octanol–water partition coefficient (Wildman–Crippen LogP) is 5.38. The van der Waals surface area contributed by atoms with Crippen LogP contribution < -0.4 is 4.74 Å². The molecule has 0 unspecified atom stereocenters. The van der Waals surface area contributed by atoms with Crippen LogP contribution >= 0.6 is 39.1 Å². The summed E-state index contributed by atoms with van der Waals surface area (Å²) in [5, 5.41) is 9.23. The van der Waals surface area contributed by atoms with Crippen LogP contribution in [0.2, 0.25) is 10.0 Å². The molecule has 1 heterocycles. The molecule has 0 saturated heterocycles. The maximum atomic E-state index is 5.88. The molecule has 2 aromatic carbocycles. The van der Waals surface area contributed by atoms with Gasteiger partial charge in [0.2, 0.25) is 5.89 Å².